The summed E-state index contributed by atoms with van der Waals surface area (Å²) in [5.74, 6) is 0. The molecule has 0 atom stereocenters. The van der Waals surface area contributed by atoms with Crippen molar-refractivity contribution < 1.29 is 4.92 Å². The first-order valence-corrected chi connectivity index (χ1v) is 6.66. The second-order valence-corrected chi connectivity index (χ2v) is 5.24. The maximum atomic E-state index is 11.0. The predicted octanol–water partition coefficient (Wildman–Crippen LogP) is 3.36. The predicted molar refractivity (Wildman–Crippen MR) is 74.5 cm³/mol. The van der Waals surface area contributed by atoms with Gasteiger partial charge in [-0.25, -0.2) is 4.98 Å². The standard InChI is InChI=1S/C13H11N3O2S/c1-9-8-19-13(14-9)7-15-6-5-10-11(15)3-2-4-12(10)16(17)18/h2-6,8H,7H2,1H3. The maximum absolute atomic E-state index is 11.0. The Morgan fingerprint density at radius 3 is 2.95 bits per heavy atom. The topological polar surface area (TPSA) is 61.0 Å². The summed E-state index contributed by atoms with van der Waals surface area (Å²) >= 11 is 1.60. The third-order valence-corrected chi connectivity index (χ3v) is 3.91. The smallest absolute Gasteiger partial charge is 0.278 e. The van der Waals surface area contributed by atoms with Crippen LogP contribution in [0.5, 0.6) is 0 Å². The number of aryl methyl sites for hydroxylation is 1. The molecule has 0 aliphatic rings. The van der Waals surface area contributed by atoms with Crippen LogP contribution < -0.4 is 0 Å². The number of hydrogen-bond acceptors (Lipinski definition) is 4. The molecular weight excluding hydrogens is 262 g/mol. The van der Waals surface area contributed by atoms with E-state index in [1.807, 2.05) is 29.1 Å². The lowest BCUT2D eigenvalue weighted by molar-refractivity contribution is -0.383. The molecule has 3 rings (SSSR count). The molecule has 0 radical (unpaired) electrons. The van der Waals surface area contributed by atoms with Crippen LogP contribution in [0.3, 0.4) is 0 Å². The van der Waals surface area contributed by atoms with Crippen LogP contribution in [-0.4, -0.2) is 14.5 Å². The van der Waals surface area contributed by atoms with Gasteiger partial charge in [0.25, 0.3) is 5.69 Å². The van der Waals surface area contributed by atoms with Crippen molar-refractivity contribution in [3.05, 3.63) is 56.7 Å². The van der Waals surface area contributed by atoms with Crippen molar-refractivity contribution in [3.8, 4) is 0 Å². The van der Waals surface area contributed by atoms with E-state index in [2.05, 4.69) is 4.98 Å². The van der Waals surface area contributed by atoms with Gasteiger partial charge in [0.05, 0.1) is 22.4 Å². The number of aromatic nitrogens is 2. The van der Waals surface area contributed by atoms with Crippen molar-refractivity contribution in [2.75, 3.05) is 0 Å². The SMILES string of the molecule is Cc1csc(Cn2ccc3c([N+](=O)[O-])cccc32)n1. The number of rotatable bonds is 3. The van der Waals surface area contributed by atoms with Crippen LogP contribution in [0.15, 0.2) is 35.8 Å². The van der Waals surface area contributed by atoms with Gasteiger partial charge in [0, 0.05) is 23.3 Å². The number of fused-ring (bicyclic) bond motifs is 1. The minimum atomic E-state index is -0.347. The van der Waals surface area contributed by atoms with Crippen LogP contribution in [0.2, 0.25) is 0 Å². The zero-order valence-corrected chi connectivity index (χ0v) is 11.1. The van der Waals surface area contributed by atoms with E-state index in [1.165, 1.54) is 6.07 Å². The van der Waals surface area contributed by atoms with Gasteiger partial charge in [0.1, 0.15) is 5.01 Å². The van der Waals surface area contributed by atoms with Gasteiger partial charge in [-0.15, -0.1) is 11.3 Å². The molecule has 6 heteroatoms. The zero-order valence-electron chi connectivity index (χ0n) is 10.2. The summed E-state index contributed by atoms with van der Waals surface area (Å²) in [5.41, 5.74) is 2.01. The Bertz CT molecular complexity index is 760. The molecule has 0 aliphatic carbocycles. The lowest BCUT2D eigenvalue weighted by Gasteiger charge is -2.02. The summed E-state index contributed by atoms with van der Waals surface area (Å²) in [6.45, 7) is 2.60. The fourth-order valence-electron chi connectivity index (χ4n) is 2.13. The lowest BCUT2D eigenvalue weighted by atomic mass is 10.2. The fourth-order valence-corrected chi connectivity index (χ4v) is 2.89. The first-order chi connectivity index (χ1) is 9.15. The van der Waals surface area contributed by atoms with Gasteiger partial charge in [0.2, 0.25) is 0 Å². The van der Waals surface area contributed by atoms with Gasteiger partial charge in [-0.1, -0.05) is 6.07 Å². The number of thiazole rings is 1. The minimum Gasteiger partial charge on any atom is -0.340 e. The normalized spacial score (nSPS) is 11.0. The summed E-state index contributed by atoms with van der Waals surface area (Å²) in [6, 6.07) is 6.92. The highest BCUT2D eigenvalue weighted by Gasteiger charge is 2.14. The van der Waals surface area contributed by atoms with E-state index in [9.17, 15) is 10.1 Å². The highest BCUT2D eigenvalue weighted by molar-refractivity contribution is 7.09. The Balaban J connectivity index is 2.06. The Labute approximate surface area is 113 Å². The van der Waals surface area contributed by atoms with Gasteiger partial charge in [-0.05, 0) is 19.1 Å². The second kappa shape index (κ2) is 4.47. The van der Waals surface area contributed by atoms with Gasteiger partial charge < -0.3 is 4.57 Å². The van der Waals surface area contributed by atoms with Crippen LogP contribution >= 0.6 is 11.3 Å². The molecule has 2 aromatic heterocycles. The molecular formula is C13H11N3O2S. The van der Waals surface area contributed by atoms with E-state index in [-0.39, 0.29) is 10.6 Å². The average Bonchev–Trinajstić information content (AvgIpc) is 2.97. The third-order valence-electron chi connectivity index (χ3n) is 2.96. The van der Waals surface area contributed by atoms with Crippen LogP contribution in [0.25, 0.3) is 10.9 Å². The highest BCUT2D eigenvalue weighted by atomic mass is 32.1. The molecule has 0 amide bonds. The minimum absolute atomic E-state index is 0.145. The Morgan fingerprint density at radius 1 is 1.42 bits per heavy atom. The number of hydrogen-bond donors (Lipinski definition) is 0. The van der Waals surface area contributed by atoms with Crippen LogP contribution in [0, 0.1) is 17.0 Å². The van der Waals surface area contributed by atoms with Crippen LogP contribution in [0.1, 0.15) is 10.7 Å². The van der Waals surface area contributed by atoms with Gasteiger partial charge >= 0.3 is 0 Å². The molecule has 96 valence electrons. The van der Waals surface area contributed by atoms with Crippen LogP contribution in [-0.2, 0) is 6.54 Å². The molecule has 19 heavy (non-hydrogen) atoms. The highest BCUT2D eigenvalue weighted by Crippen LogP contribution is 2.27. The quantitative estimate of drug-likeness (QED) is 0.543. The molecule has 2 heterocycles. The molecule has 5 nitrogen and oxygen atoms in total. The third kappa shape index (κ3) is 2.10. The van der Waals surface area contributed by atoms with Crippen molar-refractivity contribution in [2.24, 2.45) is 0 Å². The van der Waals surface area contributed by atoms with Crippen LogP contribution in [0.4, 0.5) is 5.69 Å². The molecule has 1 aromatic carbocycles. The Hall–Kier alpha value is -2.21. The molecule has 0 saturated heterocycles. The van der Waals surface area contributed by atoms with E-state index in [4.69, 9.17) is 0 Å². The molecule has 0 N–H and O–H groups in total. The summed E-state index contributed by atoms with van der Waals surface area (Å²) in [5, 5.41) is 14.6. The van der Waals surface area contributed by atoms with Crippen molar-refractivity contribution in [1.82, 2.24) is 9.55 Å². The Kier molecular flexibility index (Phi) is 2.79. The van der Waals surface area contributed by atoms with Gasteiger partial charge in [-0.3, -0.25) is 10.1 Å². The number of nitro groups is 1. The fraction of sp³-hybridized carbons (Fsp3) is 0.154. The molecule has 0 unspecified atom stereocenters. The summed E-state index contributed by atoms with van der Waals surface area (Å²) in [4.78, 5) is 15.0. The van der Waals surface area contributed by atoms with E-state index >= 15 is 0 Å². The van der Waals surface area contributed by atoms with Crippen molar-refractivity contribution >= 4 is 27.9 Å². The summed E-state index contributed by atoms with van der Waals surface area (Å²) < 4.78 is 1.99. The van der Waals surface area contributed by atoms with E-state index < -0.39 is 0 Å². The Morgan fingerprint density at radius 2 is 2.26 bits per heavy atom. The molecule has 0 spiro atoms. The van der Waals surface area contributed by atoms with E-state index in [0.717, 1.165) is 16.2 Å². The molecule has 0 bridgehead atoms. The average molecular weight is 273 g/mol. The first-order valence-electron chi connectivity index (χ1n) is 5.78. The number of non-ortho nitro benzene ring substituents is 1. The zero-order chi connectivity index (χ0) is 13.4. The summed E-state index contributed by atoms with van der Waals surface area (Å²) in [7, 11) is 0. The van der Waals surface area contributed by atoms with Gasteiger partial charge in [0.15, 0.2) is 0 Å². The van der Waals surface area contributed by atoms with Crippen molar-refractivity contribution in [3.63, 3.8) is 0 Å². The second-order valence-electron chi connectivity index (χ2n) is 4.29. The van der Waals surface area contributed by atoms with Gasteiger partial charge in [-0.2, -0.15) is 0 Å². The number of benzene rings is 1. The molecule has 0 saturated carbocycles. The molecule has 3 aromatic rings. The number of nitro benzene ring substituents is 1. The molecule has 0 aliphatic heterocycles. The summed E-state index contributed by atoms with van der Waals surface area (Å²) in [6.07, 6.45) is 1.87. The largest absolute Gasteiger partial charge is 0.340 e. The first kappa shape index (κ1) is 11.9. The van der Waals surface area contributed by atoms with E-state index in [1.54, 1.807) is 23.5 Å². The number of nitrogens with zero attached hydrogens (tertiary/aromatic N) is 3. The van der Waals surface area contributed by atoms with E-state index in [0.29, 0.717) is 11.9 Å². The monoisotopic (exact) mass is 273 g/mol. The lowest BCUT2D eigenvalue weighted by Crippen LogP contribution is -1.97. The van der Waals surface area contributed by atoms with Crippen molar-refractivity contribution in [2.45, 2.75) is 13.5 Å². The maximum Gasteiger partial charge on any atom is 0.278 e. The van der Waals surface area contributed by atoms with Crippen molar-refractivity contribution in [1.29, 1.82) is 0 Å². The molecule has 0 fully saturated rings.